The third-order valence-corrected chi connectivity index (χ3v) is 6.82. The summed E-state index contributed by atoms with van der Waals surface area (Å²) in [5.41, 5.74) is -0.299. The van der Waals surface area contributed by atoms with Gasteiger partial charge in [-0.05, 0) is 30.2 Å². The Morgan fingerprint density at radius 3 is 2.52 bits per heavy atom. The molecule has 0 radical (unpaired) electrons. The lowest BCUT2D eigenvalue weighted by molar-refractivity contribution is -0.137. The summed E-state index contributed by atoms with van der Waals surface area (Å²) >= 11 is 0. The van der Waals surface area contributed by atoms with Gasteiger partial charge in [0.25, 0.3) is 0 Å². The molecule has 1 atom stereocenters. The van der Waals surface area contributed by atoms with Gasteiger partial charge in [-0.3, -0.25) is 4.79 Å². The Bertz CT molecular complexity index is 970. The summed E-state index contributed by atoms with van der Waals surface area (Å²) < 4.78 is 65.1. The van der Waals surface area contributed by atoms with Crippen molar-refractivity contribution in [1.82, 2.24) is 4.31 Å². The van der Waals surface area contributed by atoms with Crippen LogP contribution in [0, 0.1) is 5.41 Å². The molecule has 2 aromatic rings. The van der Waals surface area contributed by atoms with E-state index < -0.39 is 32.4 Å². The van der Waals surface area contributed by atoms with E-state index in [-0.39, 0.29) is 19.0 Å². The first kappa shape index (κ1) is 18.1. The summed E-state index contributed by atoms with van der Waals surface area (Å²) in [5, 5.41) is 2.78. The summed E-state index contributed by atoms with van der Waals surface area (Å²) in [6.07, 6.45) is -4.24. The number of benzene rings is 2. The lowest BCUT2D eigenvalue weighted by Gasteiger charge is -2.49. The zero-order valence-corrected chi connectivity index (χ0v) is 14.8. The van der Waals surface area contributed by atoms with Gasteiger partial charge in [0.05, 0.1) is 24.1 Å². The van der Waals surface area contributed by atoms with E-state index in [0.29, 0.717) is 18.2 Å². The summed E-state index contributed by atoms with van der Waals surface area (Å²) in [7, 11) is -4.11. The second-order valence-corrected chi connectivity index (χ2v) is 8.81. The number of fused-ring (bicyclic) bond motifs is 1. The third kappa shape index (κ3) is 2.95. The first-order chi connectivity index (χ1) is 12.6. The van der Waals surface area contributed by atoms with E-state index in [1.165, 1.54) is 0 Å². The van der Waals surface area contributed by atoms with Gasteiger partial charge >= 0.3 is 6.18 Å². The van der Waals surface area contributed by atoms with Crippen LogP contribution in [0.5, 0.6) is 0 Å². The minimum atomic E-state index is -4.63. The normalized spacial score (nSPS) is 21.1. The van der Waals surface area contributed by atoms with Crippen LogP contribution in [0.1, 0.15) is 11.1 Å². The van der Waals surface area contributed by atoms with Gasteiger partial charge in [-0.15, -0.1) is 4.31 Å². The van der Waals surface area contributed by atoms with E-state index in [4.69, 9.17) is 0 Å². The molecule has 2 aromatic carbocycles. The van der Waals surface area contributed by atoms with Crippen LogP contribution >= 0.6 is 0 Å². The fourth-order valence-electron chi connectivity index (χ4n) is 3.53. The number of hydrogen-bond acceptors (Lipinski definition) is 3. The Kier molecular flexibility index (Phi) is 3.95. The molecule has 5 nitrogen and oxygen atoms in total. The number of hydrogen-bond donors (Lipinski definition) is 1. The molecule has 1 unspecified atom stereocenters. The average Bonchev–Trinajstić information content (AvgIpc) is 2.58. The molecule has 142 valence electrons. The molecule has 0 aliphatic carbocycles. The molecule has 1 fully saturated rings. The van der Waals surface area contributed by atoms with Crippen LogP contribution in [0.2, 0.25) is 0 Å². The second kappa shape index (κ2) is 5.88. The van der Waals surface area contributed by atoms with Crippen molar-refractivity contribution in [3.05, 3.63) is 59.7 Å². The highest BCUT2D eigenvalue weighted by atomic mass is 32.3. The highest BCUT2D eigenvalue weighted by Gasteiger charge is 2.57. The van der Waals surface area contributed by atoms with E-state index in [0.717, 1.165) is 28.1 Å². The van der Waals surface area contributed by atoms with Gasteiger partial charge in [-0.1, -0.05) is 28.5 Å². The molecule has 9 heteroatoms. The number of carbonyl (C=O) groups excluding carboxylic acids is 1. The first-order valence-electron chi connectivity index (χ1n) is 8.19. The van der Waals surface area contributed by atoms with Crippen molar-refractivity contribution >= 4 is 22.0 Å². The molecule has 1 spiro atoms. The number of anilines is 1. The zero-order valence-electron chi connectivity index (χ0n) is 14.0. The van der Waals surface area contributed by atoms with Gasteiger partial charge < -0.3 is 9.87 Å². The molecular formula is C18H15F3N2O3S. The monoisotopic (exact) mass is 396 g/mol. The van der Waals surface area contributed by atoms with Crippen molar-refractivity contribution in [3.8, 4) is 0 Å². The van der Waals surface area contributed by atoms with Crippen LogP contribution in [0.4, 0.5) is 18.9 Å². The van der Waals surface area contributed by atoms with Gasteiger partial charge in [0.15, 0.2) is 15.3 Å². The molecule has 27 heavy (non-hydrogen) atoms. The number of para-hydroxylation sites is 1. The predicted molar refractivity (Wildman–Crippen MR) is 91.3 cm³/mol. The van der Waals surface area contributed by atoms with Crippen molar-refractivity contribution in [3.63, 3.8) is 0 Å². The molecule has 0 bridgehead atoms. The smallest absolute Gasteiger partial charge is 0.416 e. The maximum absolute atomic E-state index is 12.9. The van der Waals surface area contributed by atoms with Gasteiger partial charge in [-0.25, -0.2) is 0 Å². The number of carbonyl (C=O) groups is 1. The molecule has 4 rings (SSSR count). The molecule has 0 saturated carbocycles. The van der Waals surface area contributed by atoms with Crippen molar-refractivity contribution in [2.45, 2.75) is 17.5 Å². The molecule has 2 heterocycles. The SMILES string of the molecule is O=C1Nc2ccccc2CC12CN([S+](=O)([O-])c1cccc(C(F)(F)F)c1)C2. The molecule has 0 aromatic heterocycles. The van der Waals surface area contributed by atoms with Gasteiger partial charge in [0, 0.05) is 11.8 Å². The molecule has 1 saturated heterocycles. The Balaban J connectivity index is 1.57. The van der Waals surface area contributed by atoms with Crippen molar-refractivity contribution in [2.75, 3.05) is 18.4 Å². The summed E-state index contributed by atoms with van der Waals surface area (Å²) in [5.74, 6) is -0.267. The number of alkyl halides is 3. The largest absolute Gasteiger partial charge is 0.593 e. The van der Waals surface area contributed by atoms with E-state index >= 15 is 0 Å². The average molecular weight is 396 g/mol. The number of sulfonamides is 1. The number of amides is 1. The summed E-state index contributed by atoms with van der Waals surface area (Å²) in [4.78, 5) is 12.0. The van der Waals surface area contributed by atoms with Crippen molar-refractivity contribution in [1.29, 1.82) is 0 Å². The number of rotatable bonds is 2. The van der Waals surface area contributed by atoms with Crippen LogP contribution < -0.4 is 5.32 Å². The molecule has 2 aliphatic rings. The standard InChI is InChI=1S/C18H15F3N2O3S/c19-18(20,21)13-5-3-6-14(8-13)27(25,26)23-10-17(11-23)9-12-4-1-2-7-15(12)22-16(17)24/h1-8H,9-11H2,(H-,22,24,25,26). The quantitative estimate of drug-likeness (QED) is 0.793. The summed E-state index contributed by atoms with van der Waals surface area (Å²) in [6, 6.07) is 10.9. The maximum atomic E-state index is 12.9. The minimum Gasteiger partial charge on any atom is -0.593 e. The van der Waals surface area contributed by atoms with Crippen LogP contribution in [0.15, 0.2) is 53.4 Å². The first-order valence-corrected chi connectivity index (χ1v) is 9.63. The number of nitrogens with zero attached hydrogens (tertiary/aromatic N) is 1. The van der Waals surface area contributed by atoms with Crippen LogP contribution in [0.25, 0.3) is 0 Å². The fraction of sp³-hybridized carbons (Fsp3) is 0.278. The molecule has 1 N–H and O–H groups in total. The molecule has 1 amide bonds. The van der Waals surface area contributed by atoms with Crippen molar-refractivity contribution in [2.24, 2.45) is 5.41 Å². The Morgan fingerprint density at radius 1 is 1.11 bits per heavy atom. The predicted octanol–water partition coefficient (Wildman–Crippen LogP) is 3.11. The Labute approximate surface area is 154 Å². The molecular weight excluding hydrogens is 381 g/mol. The number of nitrogens with one attached hydrogen (secondary N) is 1. The van der Waals surface area contributed by atoms with E-state index in [1.54, 1.807) is 12.1 Å². The van der Waals surface area contributed by atoms with E-state index in [1.807, 2.05) is 12.1 Å². The fourth-order valence-corrected chi connectivity index (χ4v) is 5.19. The second-order valence-electron chi connectivity index (χ2n) is 6.87. The highest BCUT2D eigenvalue weighted by Crippen LogP contribution is 2.44. The zero-order chi connectivity index (χ0) is 19.4. The topological polar surface area (TPSA) is 72.5 Å². The Morgan fingerprint density at radius 2 is 1.81 bits per heavy atom. The maximum Gasteiger partial charge on any atom is 0.416 e. The Hall–Kier alpha value is -2.23. The van der Waals surface area contributed by atoms with Gasteiger partial charge in [-0.2, -0.15) is 13.2 Å². The summed E-state index contributed by atoms with van der Waals surface area (Å²) in [6.45, 7) is -0.127. The van der Waals surface area contributed by atoms with Crippen LogP contribution in [0.3, 0.4) is 0 Å². The third-order valence-electron chi connectivity index (χ3n) is 5.03. The minimum absolute atomic E-state index is 0.0637. The van der Waals surface area contributed by atoms with Crippen molar-refractivity contribution < 1.29 is 26.7 Å². The lowest BCUT2D eigenvalue weighted by atomic mass is 9.73. The van der Waals surface area contributed by atoms with Gasteiger partial charge in [0.2, 0.25) is 5.91 Å². The number of halogens is 3. The van der Waals surface area contributed by atoms with Crippen LogP contribution in [-0.2, 0) is 32.0 Å². The van der Waals surface area contributed by atoms with E-state index in [2.05, 4.69) is 5.32 Å². The molecule has 2 aliphatic heterocycles. The van der Waals surface area contributed by atoms with E-state index in [9.17, 15) is 26.7 Å². The lowest BCUT2D eigenvalue weighted by Crippen LogP contribution is -2.66. The highest BCUT2D eigenvalue weighted by molar-refractivity contribution is 7.95. The van der Waals surface area contributed by atoms with Crippen LogP contribution in [-0.4, -0.2) is 27.9 Å². The van der Waals surface area contributed by atoms with Gasteiger partial charge in [0.1, 0.15) is 0 Å².